The van der Waals surface area contributed by atoms with Gasteiger partial charge in [-0.3, -0.25) is 0 Å². The van der Waals surface area contributed by atoms with Gasteiger partial charge in [-0.2, -0.15) is 5.26 Å². The van der Waals surface area contributed by atoms with E-state index in [9.17, 15) is 5.26 Å². The van der Waals surface area contributed by atoms with Crippen molar-refractivity contribution in [2.75, 3.05) is 0 Å². The summed E-state index contributed by atoms with van der Waals surface area (Å²) in [5.41, 5.74) is 11.2. The molecule has 3 aromatic carbocycles. The zero-order chi connectivity index (χ0) is 21.0. The summed E-state index contributed by atoms with van der Waals surface area (Å²) < 4.78 is 5.83. The maximum Gasteiger partial charge on any atom is 0.205 e. The number of halogens is 1. The lowest BCUT2D eigenvalue weighted by atomic mass is 9.81. The van der Waals surface area contributed by atoms with Crippen molar-refractivity contribution >= 4 is 33.3 Å². The predicted octanol–water partition coefficient (Wildman–Crippen LogP) is 5.88. The van der Waals surface area contributed by atoms with Gasteiger partial charge in [0.05, 0.1) is 11.4 Å². The first-order valence-corrected chi connectivity index (χ1v) is 10.0. The van der Waals surface area contributed by atoms with E-state index in [-0.39, 0.29) is 5.88 Å². The van der Waals surface area contributed by atoms with E-state index in [1.807, 2.05) is 49.4 Å². The molecule has 0 spiro atoms. The third kappa shape index (κ3) is 2.71. The minimum Gasteiger partial charge on any atom is -0.440 e. The Labute approximate surface area is 179 Å². The maximum atomic E-state index is 9.95. The van der Waals surface area contributed by atoms with E-state index in [0.717, 1.165) is 43.9 Å². The number of nitrogens with two attached hydrogens (primary N) is 1. The molecule has 1 atom stereocenters. The van der Waals surface area contributed by atoms with Gasteiger partial charge < -0.3 is 10.5 Å². The van der Waals surface area contributed by atoms with Crippen molar-refractivity contribution in [1.82, 2.24) is 4.98 Å². The van der Waals surface area contributed by atoms with Crippen LogP contribution in [0, 0.1) is 25.2 Å². The molecule has 5 heteroatoms. The highest BCUT2D eigenvalue weighted by molar-refractivity contribution is 6.30. The van der Waals surface area contributed by atoms with Gasteiger partial charge in [-0.05, 0) is 48.4 Å². The molecular formula is C25H18ClN3O. The summed E-state index contributed by atoms with van der Waals surface area (Å²) in [6.45, 7) is 4.07. The Bertz CT molecular complexity index is 1430. The van der Waals surface area contributed by atoms with E-state index in [4.69, 9.17) is 27.1 Å². The molecule has 0 radical (unpaired) electrons. The van der Waals surface area contributed by atoms with Gasteiger partial charge in [-0.15, -0.1) is 0 Å². The van der Waals surface area contributed by atoms with Crippen molar-refractivity contribution in [3.63, 3.8) is 0 Å². The number of allylic oxidation sites excluding steroid dienone is 1. The zero-order valence-corrected chi connectivity index (χ0v) is 17.3. The number of nitrogens with zero attached hydrogens (tertiary/aromatic N) is 2. The molecule has 30 heavy (non-hydrogen) atoms. The number of benzene rings is 3. The fraction of sp³-hybridized carbons (Fsp3) is 0.120. The number of nitriles is 1. The second-order valence-electron chi connectivity index (χ2n) is 7.65. The van der Waals surface area contributed by atoms with Gasteiger partial charge in [0.15, 0.2) is 0 Å². The summed E-state index contributed by atoms with van der Waals surface area (Å²) in [6, 6.07) is 20.3. The Morgan fingerprint density at radius 2 is 1.87 bits per heavy atom. The topological polar surface area (TPSA) is 71.9 Å². The van der Waals surface area contributed by atoms with Crippen molar-refractivity contribution in [2.24, 2.45) is 5.73 Å². The standard InChI is InChI=1S/C25H18ClN3O/c1-13-9-14(2)23-16(10-13)11-18(24(26)29-23)21-19(12-27)25(28)30-20-8-7-15-5-3-4-6-17(15)22(20)21/h3-11,21H,28H2,1-2H3/t21-/m1/s1. The van der Waals surface area contributed by atoms with Crippen LogP contribution in [0.4, 0.5) is 0 Å². The SMILES string of the molecule is Cc1cc(C)c2nc(Cl)c([C@@H]3C(C#N)=C(N)Oc4ccc5ccccc5c43)cc2c1. The molecule has 0 aliphatic carbocycles. The number of hydrogen-bond donors (Lipinski definition) is 1. The van der Waals surface area contributed by atoms with Crippen LogP contribution >= 0.6 is 11.6 Å². The minimum absolute atomic E-state index is 0.0990. The maximum absolute atomic E-state index is 9.95. The Balaban J connectivity index is 1.87. The number of ether oxygens (including phenoxy) is 1. The molecule has 0 amide bonds. The third-order valence-corrected chi connectivity index (χ3v) is 5.96. The molecule has 0 bridgehead atoms. The monoisotopic (exact) mass is 411 g/mol. The van der Waals surface area contributed by atoms with E-state index in [0.29, 0.717) is 16.5 Å². The van der Waals surface area contributed by atoms with Crippen LogP contribution < -0.4 is 10.5 Å². The van der Waals surface area contributed by atoms with E-state index in [1.54, 1.807) is 0 Å². The summed E-state index contributed by atoms with van der Waals surface area (Å²) in [5, 5.41) is 13.3. The van der Waals surface area contributed by atoms with Gasteiger partial charge in [-0.1, -0.05) is 53.6 Å². The Kier molecular flexibility index (Phi) is 4.16. The second-order valence-corrected chi connectivity index (χ2v) is 8.00. The molecule has 0 saturated carbocycles. The second kappa shape index (κ2) is 6.76. The summed E-state index contributed by atoms with van der Waals surface area (Å²) in [5.74, 6) is 0.267. The molecule has 146 valence electrons. The minimum atomic E-state index is -0.463. The van der Waals surface area contributed by atoms with Gasteiger partial charge >= 0.3 is 0 Å². The fourth-order valence-corrected chi connectivity index (χ4v) is 4.65. The molecule has 1 aromatic heterocycles. The Morgan fingerprint density at radius 3 is 2.67 bits per heavy atom. The highest BCUT2D eigenvalue weighted by Gasteiger charge is 2.34. The average molecular weight is 412 g/mol. The smallest absolute Gasteiger partial charge is 0.205 e. The number of hydrogen-bond acceptors (Lipinski definition) is 4. The molecule has 1 aliphatic heterocycles. The highest BCUT2D eigenvalue weighted by Crippen LogP contribution is 2.47. The first-order chi connectivity index (χ1) is 14.5. The van der Waals surface area contributed by atoms with Gasteiger partial charge in [0, 0.05) is 16.5 Å². The summed E-state index contributed by atoms with van der Waals surface area (Å²) in [6.07, 6.45) is 0. The van der Waals surface area contributed by atoms with E-state index < -0.39 is 5.92 Å². The van der Waals surface area contributed by atoms with E-state index in [2.05, 4.69) is 25.1 Å². The molecular weight excluding hydrogens is 394 g/mol. The van der Waals surface area contributed by atoms with Crippen LogP contribution in [-0.2, 0) is 0 Å². The first kappa shape index (κ1) is 18.5. The van der Waals surface area contributed by atoms with Gasteiger partial charge in [-0.25, -0.2) is 4.98 Å². The van der Waals surface area contributed by atoms with Crippen molar-refractivity contribution in [2.45, 2.75) is 19.8 Å². The molecule has 0 fully saturated rings. The molecule has 2 heterocycles. The largest absolute Gasteiger partial charge is 0.440 e. The summed E-state index contributed by atoms with van der Waals surface area (Å²) >= 11 is 6.71. The first-order valence-electron chi connectivity index (χ1n) is 9.64. The molecule has 1 aliphatic rings. The average Bonchev–Trinajstić information content (AvgIpc) is 2.73. The Hall–Kier alpha value is -3.55. The number of pyridine rings is 1. The van der Waals surface area contributed by atoms with Gasteiger partial charge in [0.1, 0.15) is 22.5 Å². The van der Waals surface area contributed by atoms with Crippen molar-refractivity contribution in [3.8, 4) is 11.8 Å². The van der Waals surface area contributed by atoms with Gasteiger partial charge in [0.2, 0.25) is 5.88 Å². The van der Waals surface area contributed by atoms with Crippen LogP contribution in [0.15, 0.2) is 66.1 Å². The lowest BCUT2D eigenvalue weighted by Gasteiger charge is -2.28. The molecule has 4 nitrogen and oxygen atoms in total. The number of rotatable bonds is 1. The number of aryl methyl sites for hydroxylation is 2. The van der Waals surface area contributed by atoms with Crippen molar-refractivity contribution in [3.05, 3.63) is 93.5 Å². The number of aromatic nitrogens is 1. The summed E-state index contributed by atoms with van der Waals surface area (Å²) in [7, 11) is 0. The molecule has 0 saturated heterocycles. The molecule has 5 rings (SSSR count). The molecule has 4 aromatic rings. The number of fused-ring (bicyclic) bond motifs is 4. The normalized spacial score (nSPS) is 15.7. The quantitative estimate of drug-likeness (QED) is 0.397. The van der Waals surface area contributed by atoms with Crippen LogP contribution in [-0.4, -0.2) is 4.98 Å². The van der Waals surface area contributed by atoms with E-state index >= 15 is 0 Å². The fourth-order valence-electron chi connectivity index (χ4n) is 4.40. The lowest BCUT2D eigenvalue weighted by molar-refractivity contribution is 0.395. The third-order valence-electron chi connectivity index (χ3n) is 5.66. The Morgan fingerprint density at radius 1 is 1.07 bits per heavy atom. The van der Waals surface area contributed by atoms with Crippen LogP contribution in [0.5, 0.6) is 5.75 Å². The molecule has 0 unspecified atom stereocenters. The zero-order valence-electron chi connectivity index (χ0n) is 16.5. The van der Waals surface area contributed by atoms with Crippen molar-refractivity contribution < 1.29 is 4.74 Å². The van der Waals surface area contributed by atoms with Crippen molar-refractivity contribution in [1.29, 1.82) is 5.26 Å². The molecule has 2 N–H and O–H groups in total. The highest BCUT2D eigenvalue weighted by atomic mass is 35.5. The van der Waals surface area contributed by atoms with Crippen LogP contribution in [0.1, 0.15) is 28.2 Å². The van der Waals surface area contributed by atoms with Gasteiger partial charge in [0.25, 0.3) is 0 Å². The lowest BCUT2D eigenvalue weighted by Crippen LogP contribution is -2.21. The van der Waals surface area contributed by atoms with E-state index in [1.165, 1.54) is 0 Å². The van der Waals surface area contributed by atoms with Crippen LogP contribution in [0.25, 0.3) is 21.7 Å². The predicted molar refractivity (Wildman–Crippen MR) is 119 cm³/mol. The van der Waals surface area contributed by atoms with Crippen LogP contribution in [0.3, 0.4) is 0 Å². The van der Waals surface area contributed by atoms with Crippen LogP contribution in [0.2, 0.25) is 5.15 Å². The summed E-state index contributed by atoms with van der Waals surface area (Å²) in [4.78, 5) is 4.69.